The highest BCUT2D eigenvalue weighted by molar-refractivity contribution is 7.98. The van der Waals surface area contributed by atoms with Crippen molar-refractivity contribution in [1.29, 1.82) is 0 Å². The van der Waals surface area contributed by atoms with Gasteiger partial charge in [0.15, 0.2) is 11.5 Å². The summed E-state index contributed by atoms with van der Waals surface area (Å²) in [6.45, 7) is 0.534. The number of pyridine rings is 1. The third-order valence-corrected chi connectivity index (χ3v) is 4.62. The summed E-state index contributed by atoms with van der Waals surface area (Å²) in [5.74, 6) is 2.43. The number of anilines is 1. The van der Waals surface area contributed by atoms with E-state index in [0.29, 0.717) is 6.54 Å². The molecule has 0 radical (unpaired) electrons. The first-order valence-corrected chi connectivity index (χ1v) is 8.88. The molecule has 25 heavy (non-hydrogen) atoms. The van der Waals surface area contributed by atoms with Crippen molar-refractivity contribution in [3.63, 3.8) is 0 Å². The van der Waals surface area contributed by atoms with E-state index in [-0.39, 0.29) is 0 Å². The third-order valence-electron chi connectivity index (χ3n) is 3.65. The van der Waals surface area contributed by atoms with Crippen LogP contribution in [0.4, 0.5) is 5.82 Å². The van der Waals surface area contributed by atoms with Crippen LogP contribution in [0.2, 0.25) is 0 Å². The largest absolute Gasteiger partial charge is 0.361 e. The smallest absolute Gasteiger partial charge is 0.160 e. The molecule has 0 unspecified atom stereocenters. The van der Waals surface area contributed by atoms with Crippen LogP contribution >= 0.6 is 11.8 Å². The van der Waals surface area contributed by atoms with Gasteiger partial charge in [-0.05, 0) is 17.7 Å². The molecular weight excluding hydrogens is 332 g/mol. The van der Waals surface area contributed by atoms with Gasteiger partial charge < -0.3 is 5.32 Å². The Balaban J connectivity index is 1.41. The summed E-state index contributed by atoms with van der Waals surface area (Å²) in [6.07, 6.45) is 5.45. The van der Waals surface area contributed by atoms with Gasteiger partial charge in [0, 0.05) is 11.9 Å². The zero-order chi connectivity index (χ0) is 16.9. The van der Waals surface area contributed by atoms with Gasteiger partial charge in [-0.15, -0.1) is 22.0 Å². The van der Waals surface area contributed by atoms with Crippen molar-refractivity contribution in [2.45, 2.75) is 17.3 Å². The van der Waals surface area contributed by atoms with Crippen LogP contribution < -0.4 is 5.32 Å². The Hall–Kier alpha value is -2.93. The lowest BCUT2D eigenvalue weighted by atomic mass is 10.2. The Kier molecular flexibility index (Phi) is 4.56. The lowest BCUT2D eigenvalue weighted by Crippen LogP contribution is -2.06. The molecule has 0 bridgehead atoms. The highest BCUT2D eigenvalue weighted by Crippen LogP contribution is 2.21. The summed E-state index contributed by atoms with van der Waals surface area (Å²) in [6, 6.07) is 16.2. The van der Waals surface area contributed by atoms with Gasteiger partial charge in [-0.3, -0.25) is 9.38 Å². The van der Waals surface area contributed by atoms with Crippen molar-refractivity contribution in [3.8, 4) is 0 Å². The van der Waals surface area contributed by atoms with Gasteiger partial charge in [-0.1, -0.05) is 36.4 Å². The minimum atomic E-state index is 0.534. The van der Waals surface area contributed by atoms with Crippen molar-refractivity contribution in [3.05, 3.63) is 78.5 Å². The Morgan fingerprint density at radius 3 is 2.76 bits per heavy atom. The van der Waals surface area contributed by atoms with Gasteiger partial charge in [0.1, 0.15) is 10.8 Å². The molecule has 0 aliphatic rings. The summed E-state index contributed by atoms with van der Waals surface area (Å²) in [4.78, 5) is 8.87. The van der Waals surface area contributed by atoms with E-state index in [9.17, 15) is 0 Å². The zero-order valence-corrected chi connectivity index (χ0v) is 14.2. The molecule has 0 amide bonds. The lowest BCUT2D eigenvalue weighted by molar-refractivity contribution is 0.903. The normalized spacial score (nSPS) is 10.9. The monoisotopic (exact) mass is 348 g/mol. The molecule has 0 spiro atoms. The standard InChI is InChI=1S/C18H16N6S/c1-2-6-14(7-3-1)13-25-18-12-19-10-15(21-18)20-11-17-23-22-16-8-4-5-9-24(16)17/h1-10,12H,11,13H2,(H,20,21). The maximum atomic E-state index is 4.60. The molecule has 0 atom stereocenters. The van der Waals surface area contributed by atoms with Crippen molar-refractivity contribution in [2.75, 3.05) is 5.32 Å². The summed E-state index contributed by atoms with van der Waals surface area (Å²) in [5.41, 5.74) is 2.10. The van der Waals surface area contributed by atoms with E-state index in [1.807, 2.05) is 47.0 Å². The molecule has 0 fully saturated rings. The second-order valence-electron chi connectivity index (χ2n) is 5.42. The topological polar surface area (TPSA) is 68.0 Å². The maximum absolute atomic E-state index is 4.60. The van der Waals surface area contributed by atoms with E-state index < -0.39 is 0 Å². The quantitative estimate of drug-likeness (QED) is 0.539. The van der Waals surface area contributed by atoms with E-state index in [0.717, 1.165) is 28.1 Å². The number of nitrogens with one attached hydrogen (secondary N) is 1. The van der Waals surface area contributed by atoms with Crippen molar-refractivity contribution < 1.29 is 0 Å². The summed E-state index contributed by atoms with van der Waals surface area (Å²) in [7, 11) is 0. The van der Waals surface area contributed by atoms with Gasteiger partial charge in [0.05, 0.1) is 18.9 Å². The third kappa shape index (κ3) is 3.77. The molecule has 3 heterocycles. The number of nitrogens with zero attached hydrogens (tertiary/aromatic N) is 5. The molecule has 6 nitrogen and oxygen atoms in total. The van der Waals surface area contributed by atoms with E-state index in [2.05, 4.69) is 37.6 Å². The molecule has 0 aliphatic heterocycles. The molecule has 4 rings (SSSR count). The summed E-state index contributed by atoms with van der Waals surface area (Å²) in [5, 5.41) is 12.5. The van der Waals surface area contributed by atoms with Crippen LogP contribution in [0.25, 0.3) is 5.65 Å². The number of aromatic nitrogens is 5. The van der Waals surface area contributed by atoms with Crippen molar-refractivity contribution in [1.82, 2.24) is 24.6 Å². The Morgan fingerprint density at radius 1 is 0.960 bits per heavy atom. The number of thioether (sulfide) groups is 1. The van der Waals surface area contributed by atoms with Crippen LogP contribution in [0.1, 0.15) is 11.4 Å². The van der Waals surface area contributed by atoms with Gasteiger partial charge in [-0.2, -0.15) is 0 Å². The lowest BCUT2D eigenvalue weighted by Gasteiger charge is -2.06. The Bertz CT molecular complexity index is 969. The van der Waals surface area contributed by atoms with Crippen molar-refractivity contribution >= 4 is 23.2 Å². The second kappa shape index (κ2) is 7.31. The number of benzene rings is 1. The maximum Gasteiger partial charge on any atom is 0.160 e. The molecule has 124 valence electrons. The van der Waals surface area contributed by atoms with Gasteiger partial charge in [-0.25, -0.2) is 4.98 Å². The predicted molar refractivity (Wildman–Crippen MR) is 98.3 cm³/mol. The molecule has 1 N–H and O–H groups in total. The number of rotatable bonds is 6. The van der Waals surface area contributed by atoms with Crippen LogP contribution in [-0.4, -0.2) is 24.6 Å². The minimum absolute atomic E-state index is 0.534. The van der Waals surface area contributed by atoms with Gasteiger partial charge in [0.25, 0.3) is 0 Å². The van der Waals surface area contributed by atoms with E-state index in [4.69, 9.17) is 0 Å². The summed E-state index contributed by atoms with van der Waals surface area (Å²) < 4.78 is 1.95. The van der Waals surface area contributed by atoms with Crippen LogP contribution in [0.5, 0.6) is 0 Å². The first-order chi connectivity index (χ1) is 12.4. The molecule has 7 heteroatoms. The molecule has 0 saturated carbocycles. The number of hydrogen-bond acceptors (Lipinski definition) is 6. The average molecular weight is 348 g/mol. The van der Waals surface area contributed by atoms with Gasteiger partial charge in [0.2, 0.25) is 0 Å². The van der Waals surface area contributed by atoms with Crippen LogP contribution in [0.15, 0.2) is 72.1 Å². The molecule has 0 aliphatic carbocycles. The van der Waals surface area contributed by atoms with E-state index in [1.165, 1.54) is 5.56 Å². The van der Waals surface area contributed by atoms with Crippen molar-refractivity contribution in [2.24, 2.45) is 0 Å². The SMILES string of the molecule is c1ccc(CSc2cncc(NCc3nnc4ccccn34)n2)cc1. The van der Waals surface area contributed by atoms with Crippen LogP contribution in [0.3, 0.4) is 0 Å². The highest BCUT2D eigenvalue weighted by Gasteiger charge is 2.05. The predicted octanol–water partition coefficient (Wildman–Crippen LogP) is 3.42. The Morgan fingerprint density at radius 2 is 1.84 bits per heavy atom. The number of fused-ring (bicyclic) bond motifs is 1. The first-order valence-electron chi connectivity index (χ1n) is 7.90. The first kappa shape index (κ1) is 15.6. The second-order valence-corrected chi connectivity index (χ2v) is 6.41. The fourth-order valence-corrected chi connectivity index (χ4v) is 3.22. The fraction of sp³-hybridized carbons (Fsp3) is 0.111. The van der Waals surface area contributed by atoms with E-state index in [1.54, 1.807) is 24.2 Å². The molecular formula is C18H16N6S. The van der Waals surface area contributed by atoms with Crippen LogP contribution in [0, 0.1) is 0 Å². The molecule has 3 aromatic heterocycles. The average Bonchev–Trinajstić information content (AvgIpc) is 3.09. The molecule has 0 saturated heterocycles. The minimum Gasteiger partial charge on any atom is -0.361 e. The van der Waals surface area contributed by atoms with Gasteiger partial charge >= 0.3 is 0 Å². The molecule has 1 aromatic carbocycles. The van der Waals surface area contributed by atoms with Crippen LogP contribution in [-0.2, 0) is 12.3 Å². The zero-order valence-electron chi connectivity index (χ0n) is 13.4. The number of hydrogen-bond donors (Lipinski definition) is 1. The highest BCUT2D eigenvalue weighted by atomic mass is 32.2. The summed E-state index contributed by atoms with van der Waals surface area (Å²) >= 11 is 1.67. The molecule has 4 aromatic rings. The Labute approximate surface area is 149 Å². The van der Waals surface area contributed by atoms with E-state index >= 15 is 0 Å². The fourth-order valence-electron chi connectivity index (χ4n) is 2.42.